The first-order valence-corrected chi connectivity index (χ1v) is 6.99. The second-order valence-electron chi connectivity index (χ2n) is 4.21. The number of nitrogen functional groups attached to an aromatic ring is 1. The Hall–Kier alpha value is -2.48. The number of aromatic nitrogens is 1. The fourth-order valence-electron chi connectivity index (χ4n) is 1.65. The maximum Gasteiger partial charge on any atom is 0.352 e. The molecule has 0 aliphatic carbocycles. The third-order valence-electron chi connectivity index (χ3n) is 2.70. The maximum atomic E-state index is 11.8. The van der Waals surface area contributed by atoms with Crippen molar-refractivity contribution in [3.05, 3.63) is 39.3 Å². The van der Waals surface area contributed by atoms with Crippen molar-refractivity contribution in [2.75, 3.05) is 12.3 Å². The number of nitro groups is 1. The van der Waals surface area contributed by atoms with Crippen LogP contribution in [-0.4, -0.2) is 21.9 Å². The predicted molar refractivity (Wildman–Crippen MR) is 79.2 cm³/mol. The van der Waals surface area contributed by atoms with Crippen molar-refractivity contribution in [1.29, 1.82) is 0 Å². The highest BCUT2D eigenvalue weighted by atomic mass is 32.1. The zero-order chi connectivity index (χ0) is 15.4. The molecule has 0 fully saturated rings. The maximum absolute atomic E-state index is 11.8. The van der Waals surface area contributed by atoms with E-state index in [4.69, 9.17) is 10.5 Å². The third-order valence-corrected chi connectivity index (χ3v) is 3.55. The molecule has 0 unspecified atom stereocenters. The van der Waals surface area contributed by atoms with Crippen LogP contribution in [0.15, 0.2) is 24.3 Å². The summed E-state index contributed by atoms with van der Waals surface area (Å²) >= 11 is 0.957. The summed E-state index contributed by atoms with van der Waals surface area (Å²) in [6.07, 6.45) is 0.722. The predicted octanol–water partition coefficient (Wildman–Crippen LogP) is 2.87. The molecule has 0 radical (unpaired) electrons. The minimum Gasteiger partial charge on any atom is -0.461 e. The van der Waals surface area contributed by atoms with Crippen LogP contribution in [0.2, 0.25) is 0 Å². The van der Waals surface area contributed by atoms with Crippen molar-refractivity contribution in [2.45, 2.75) is 13.3 Å². The Morgan fingerprint density at radius 2 is 2.10 bits per heavy atom. The Bertz CT molecular complexity index is 667. The first-order chi connectivity index (χ1) is 10.0. The highest BCUT2D eigenvalue weighted by Crippen LogP contribution is 2.32. The molecule has 0 saturated heterocycles. The Morgan fingerprint density at radius 1 is 1.43 bits per heavy atom. The van der Waals surface area contributed by atoms with Crippen LogP contribution in [0, 0.1) is 10.1 Å². The van der Waals surface area contributed by atoms with Crippen LogP contribution in [-0.2, 0) is 4.74 Å². The summed E-state index contributed by atoms with van der Waals surface area (Å²) in [6, 6.07) is 5.82. The van der Waals surface area contributed by atoms with Crippen molar-refractivity contribution in [1.82, 2.24) is 4.37 Å². The fourth-order valence-corrected chi connectivity index (χ4v) is 2.37. The molecule has 7 nitrogen and oxygen atoms in total. The zero-order valence-electron chi connectivity index (χ0n) is 11.2. The molecular weight excluding hydrogens is 294 g/mol. The van der Waals surface area contributed by atoms with E-state index in [0.29, 0.717) is 17.9 Å². The molecule has 0 amide bonds. The monoisotopic (exact) mass is 307 g/mol. The van der Waals surface area contributed by atoms with E-state index in [0.717, 1.165) is 18.0 Å². The molecular formula is C13H13N3O4S. The lowest BCUT2D eigenvalue weighted by Crippen LogP contribution is -2.06. The second-order valence-corrected chi connectivity index (χ2v) is 4.99. The average Bonchev–Trinajstić information content (AvgIpc) is 2.86. The van der Waals surface area contributed by atoms with Crippen molar-refractivity contribution < 1.29 is 14.5 Å². The first kappa shape index (κ1) is 14.9. The highest BCUT2D eigenvalue weighted by Gasteiger charge is 2.20. The summed E-state index contributed by atoms with van der Waals surface area (Å²) in [6.45, 7) is 2.22. The minimum atomic E-state index is -0.500. The summed E-state index contributed by atoms with van der Waals surface area (Å²) in [5.41, 5.74) is 7.18. The number of esters is 1. The van der Waals surface area contributed by atoms with Crippen LogP contribution >= 0.6 is 11.5 Å². The van der Waals surface area contributed by atoms with Crippen LogP contribution in [0.25, 0.3) is 11.3 Å². The van der Waals surface area contributed by atoms with E-state index in [-0.39, 0.29) is 16.3 Å². The number of carbonyl (C=O) groups excluding carboxylic acids is 1. The summed E-state index contributed by atoms with van der Waals surface area (Å²) in [5, 5.41) is 10.6. The van der Waals surface area contributed by atoms with Crippen LogP contribution in [0.3, 0.4) is 0 Å². The number of anilines is 1. The van der Waals surface area contributed by atoms with Gasteiger partial charge in [0.05, 0.1) is 17.2 Å². The van der Waals surface area contributed by atoms with Gasteiger partial charge in [0.25, 0.3) is 5.69 Å². The van der Waals surface area contributed by atoms with E-state index in [1.165, 1.54) is 12.1 Å². The molecule has 0 spiro atoms. The Kier molecular flexibility index (Phi) is 4.49. The number of rotatable bonds is 5. The Balaban J connectivity index is 2.27. The van der Waals surface area contributed by atoms with Gasteiger partial charge >= 0.3 is 5.97 Å². The van der Waals surface area contributed by atoms with Gasteiger partial charge in [0, 0.05) is 17.7 Å². The van der Waals surface area contributed by atoms with Crippen molar-refractivity contribution >= 4 is 28.9 Å². The molecule has 1 heterocycles. The SMILES string of the molecule is CCCOC(=O)c1snc(-c2ccc([N+](=O)[O-])cc2)c1N. The Morgan fingerprint density at radius 3 is 2.67 bits per heavy atom. The number of hydrogen-bond donors (Lipinski definition) is 1. The van der Waals surface area contributed by atoms with Gasteiger partial charge in [-0.25, -0.2) is 4.79 Å². The molecule has 2 aromatic rings. The van der Waals surface area contributed by atoms with E-state index in [9.17, 15) is 14.9 Å². The zero-order valence-corrected chi connectivity index (χ0v) is 12.1. The van der Waals surface area contributed by atoms with E-state index in [1.807, 2.05) is 6.92 Å². The van der Waals surface area contributed by atoms with Crippen LogP contribution in [0.1, 0.15) is 23.0 Å². The van der Waals surface area contributed by atoms with Crippen molar-refractivity contribution in [2.24, 2.45) is 0 Å². The van der Waals surface area contributed by atoms with Gasteiger partial charge in [-0.1, -0.05) is 6.92 Å². The largest absolute Gasteiger partial charge is 0.461 e. The van der Waals surface area contributed by atoms with Crippen LogP contribution in [0.5, 0.6) is 0 Å². The van der Waals surface area contributed by atoms with Gasteiger partial charge < -0.3 is 10.5 Å². The summed E-state index contributed by atoms with van der Waals surface area (Å²) in [5.74, 6) is -0.500. The lowest BCUT2D eigenvalue weighted by Gasteiger charge is -2.02. The van der Waals surface area contributed by atoms with E-state index < -0.39 is 10.9 Å². The molecule has 8 heteroatoms. The number of nitrogens with zero attached hydrogens (tertiary/aromatic N) is 2. The average molecular weight is 307 g/mol. The molecule has 0 aliphatic heterocycles. The number of ether oxygens (including phenoxy) is 1. The molecule has 0 aliphatic rings. The standard InChI is InChI=1S/C13H13N3O4S/c1-2-7-20-13(17)12-10(14)11(15-21-12)8-3-5-9(6-4-8)16(18)19/h3-6H,2,7,14H2,1H3. The second kappa shape index (κ2) is 6.31. The van der Waals surface area contributed by atoms with Crippen LogP contribution < -0.4 is 5.73 Å². The van der Waals surface area contributed by atoms with Gasteiger partial charge in [-0.15, -0.1) is 0 Å². The molecule has 2 N–H and O–H groups in total. The lowest BCUT2D eigenvalue weighted by molar-refractivity contribution is -0.384. The summed E-state index contributed by atoms with van der Waals surface area (Å²) in [7, 11) is 0. The van der Waals surface area contributed by atoms with E-state index >= 15 is 0 Å². The van der Waals surface area contributed by atoms with Gasteiger partial charge in [-0.3, -0.25) is 10.1 Å². The molecule has 0 saturated carbocycles. The van der Waals surface area contributed by atoms with Crippen molar-refractivity contribution in [3.63, 3.8) is 0 Å². The summed E-state index contributed by atoms with van der Waals surface area (Å²) < 4.78 is 9.16. The molecule has 1 aromatic carbocycles. The first-order valence-electron chi connectivity index (χ1n) is 6.21. The van der Waals surface area contributed by atoms with E-state index in [2.05, 4.69) is 4.37 Å². The van der Waals surface area contributed by atoms with Gasteiger partial charge in [0.1, 0.15) is 5.69 Å². The molecule has 21 heavy (non-hydrogen) atoms. The lowest BCUT2D eigenvalue weighted by atomic mass is 10.1. The number of benzene rings is 1. The number of carbonyl (C=O) groups is 1. The normalized spacial score (nSPS) is 10.3. The quantitative estimate of drug-likeness (QED) is 0.517. The number of hydrogen-bond acceptors (Lipinski definition) is 7. The van der Waals surface area contributed by atoms with E-state index in [1.54, 1.807) is 12.1 Å². The molecule has 1 aromatic heterocycles. The van der Waals surface area contributed by atoms with Gasteiger partial charge in [-0.05, 0) is 30.1 Å². The molecule has 2 rings (SSSR count). The van der Waals surface area contributed by atoms with Gasteiger partial charge in [-0.2, -0.15) is 4.37 Å². The topological polar surface area (TPSA) is 108 Å². The molecule has 0 bridgehead atoms. The van der Waals surface area contributed by atoms with Crippen LogP contribution in [0.4, 0.5) is 11.4 Å². The number of nitro benzene ring substituents is 1. The van der Waals surface area contributed by atoms with Gasteiger partial charge in [0.2, 0.25) is 0 Å². The third kappa shape index (κ3) is 3.16. The Labute approximate surface area is 124 Å². The molecule has 0 atom stereocenters. The highest BCUT2D eigenvalue weighted by molar-refractivity contribution is 7.09. The molecule has 110 valence electrons. The number of nitrogens with two attached hydrogens (primary N) is 1. The van der Waals surface area contributed by atoms with Crippen molar-refractivity contribution in [3.8, 4) is 11.3 Å². The number of non-ortho nitro benzene ring substituents is 1. The van der Waals surface area contributed by atoms with Gasteiger partial charge in [0.15, 0.2) is 4.88 Å². The fraction of sp³-hybridized carbons (Fsp3) is 0.231. The summed E-state index contributed by atoms with van der Waals surface area (Å²) in [4.78, 5) is 22.2. The smallest absolute Gasteiger partial charge is 0.352 e. The minimum absolute atomic E-state index is 0.0184.